The maximum atomic E-state index is 10.6. The molecule has 0 spiro atoms. The van der Waals surface area contributed by atoms with Crippen LogP contribution in [0.25, 0.3) is 0 Å². The van der Waals surface area contributed by atoms with Crippen LogP contribution in [0.15, 0.2) is 64.4 Å². The number of hydrogen-bond donors (Lipinski definition) is 8. The highest BCUT2D eigenvalue weighted by Gasteiger charge is 2.13. The maximum absolute atomic E-state index is 10.6. The molecule has 3 aromatic carbocycles. The fourth-order valence-corrected chi connectivity index (χ4v) is 4.30. The van der Waals surface area contributed by atoms with Gasteiger partial charge in [0, 0.05) is 23.1 Å². The van der Waals surface area contributed by atoms with Crippen molar-refractivity contribution in [3.05, 3.63) is 60.2 Å². The zero-order valence-corrected chi connectivity index (χ0v) is 23.6. The van der Waals surface area contributed by atoms with Crippen molar-refractivity contribution in [3.63, 3.8) is 0 Å². The van der Waals surface area contributed by atoms with Gasteiger partial charge in [0.1, 0.15) is 10.6 Å². The Morgan fingerprint density at radius 2 is 1.23 bits per heavy atom. The van der Waals surface area contributed by atoms with E-state index in [0.717, 1.165) is 11.6 Å². The lowest BCUT2D eigenvalue weighted by Gasteiger charge is -2.10. The molecule has 0 radical (unpaired) electrons. The summed E-state index contributed by atoms with van der Waals surface area (Å²) >= 11 is 0. The number of benzene rings is 3. The maximum Gasteiger partial charge on any atom is 0.296 e. The Morgan fingerprint density at radius 1 is 0.675 bits per heavy atom. The van der Waals surface area contributed by atoms with Gasteiger partial charge in [-0.05, 0) is 67.4 Å². The summed E-state index contributed by atoms with van der Waals surface area (Å²) in [6.07, 6.45) is 0.187. The molecule has 0 aliphatic rings. The SMILES string of the molecule is Cc1cc(N)c(OCCCS(=O)(=O)O)cc1N.Nc1ccc(N)c(S(=O)(=O)O)c1.Nc1ccc(S(=O)(=O)O)cc1. The van der Waals surface area contributed by atoms with Crippen LogP contribution >= 0.6 is 0 Å². The second-order valence-electron chi connectivity index (χ2n) is 8.05. The van der Waals surface area contributed by atoms with E-state index in [9.17, 15) is 25.3 Å². The van der Waals surface area contributed by atoms with Crippen molar-refractivity contribution in [1.82, 2.24) is 0 Å². The second kappa shape index (κ2) is 14.0. The van der Waals surface area contributed by atoms with Crippen LogP contribution in [-0.2, 0) is 30.4 Å². The van der Waals surface area contributed by atoms with Crippen molar-refractivity contribution in [3.8, 4) is 5.75 Å². The number of rotatable bonds is 7. The van der Waals surface area contributed by atoms with Gasteiger partial charge >= 0.3 is 0 Å². The summed E-state index contributed by atoms with van der Waals surface area (Å²) in [4.78, 5) is -0.505. The molecule has 0 fully saturated rings. The normalized spacial score (nSPS) is 11.4. The lowest BCUT2D eigenvalue weighted by molar-refractivity contribution is 0.318. The van der Waals surface area contributed by atoms with Crippen LogP contribution in [0.3, 0.4) is 0 Å². The molecular weight excluding hydrogens is 590 g/mol. The van der Waals surface area contributed by atoms with Crippen molar-refractivity contribution in [2.24, 2.45) is 0 Å². The van der Waals surface area contributed by atoms with Crippen molar-refractivity contribution < 1.29 is 43.6 Å². The Morgan fingerprint density at radius 3 is 1.70 bits per heavy atom. The molecule has 0 aliphatic carbocycles. The Bertz CT molecular complexity index is 1630. The molecule has 0 unspecified atom stereocenters. The van der Waals surface area contributed by atoms with E-state index in [2.05, 4.69) is 0 Å². The van der Waals surface area contributed by atoms with Gasteiger partial charge in [-0.25, -0.2) is 0 Å². The first-order valence-corrected chi connectivity index (χ1v) is 15.4. The summed E-state index contributed by atoms with van der Waals surface area (Å²) < 4.78 is 94.0. The Kier molecular flexibility index (Phi) is 12.0. The Labute approximate surface area is 232 Å². The third-order valence-electron chi connectivity index (χ3n) is 4.70. The van der Waals surface area contributed by atoms with E-state index >= 15 is 0 Å². The highest BCUT2D eigenvalue weighted by atomic mass is 32.2. The molecule has 3 rings (SSSR count). The molecule has 0 amide bonds. The van der Waals surface area contributed by atoms with E-state index in [1.807, 2.05) is 6.92 Å². The largest absolute Gasteiger partial charge is 0.491 e. The van der Waals surface area contributed by atoms with E-state index in [1.165, 1.54) is 36.4 Å². The number of nitrogens with two attached hydrogens (primary N) is 5. The van der Waals surface area contributed by atoms with E-state index in [1.54, 1.807) is 12.1 Å². The lowest BCUT2D eigenvalue weighted by Crippen LogP contribution is -2.09. The fraction of sp³-hybridized carbons (Fsp3) is 0.182. The van der Waals surface area contributed by atoms with Crippen LogP contribution in [-0.4, -0.2) is 51.3 Å². The molecule has 0 aliphatic heterocycles. The topological polar surface area (TPSA) is 302 Å². The molecule has 222 valence electrons. The molecule has 0 saturated carbocycles. The third kappa shape index (κ3) is 12.4. The monoisotopic (exact) mass is 621 g/mol. The Hall–Kier alpha value is -3.81. The van der Waals surface area contributed by atoms with Gasteiger partial charge in [-0.3, -0.25) is 13.7 Å². The molecular formula is C22H31N5O10S3. The predicted octanol–water partition coefficient (Wildman–Crippen LogP) is 1.43. The highest BCUT2D eigenvalue weighted by Crippen LogP contribution is 2.27. The molecule has 0 heterocycles. The molecule has 40 heavy (non-hydrogen) atoms. The van der Waals surface area contributed by atoms with Crippen LogP contribution in [0.4, 0.5) is 28.4 Å². The van der Waals surface area contributed by atoms with Crippen LogP contribution in [0, 0.1) is 6.92 Å². The Balaban J connectivity index is 0.000000309. The number of hydrogen-bond acceptors (Lipinski definition) is 12. The molecule has 3 aromatic rings. The molecule has 0 atom stereocenters. The van der Waals surface area contributed by atoms with Gasteiger partial charge in [-0.2, -0.15) is 25.3 Å². The third-order valence-corrected chi connectivity index (χ3v) is 7.28. The average Bonchev–Trinajstić information content (AvgIpc) is 2.81. The number of ether oxygens (including phenoxy) is 1. The first kappa shape index (κ1) is 34.2. The summed E-state index contributed by atoms with van der Waals surface area (Å²) in [7, 11) is -12.3. The summed E-state index contributed by atoms with van der Waals surface area (Å²) in [5.74, 6) is 0.0808. The van der Waals surface area contributed by atoms with Gasteiger partial charge in [0.25, 0.3) is 30.4 Å². The van der Waals surface area contributed by atoms with Crippen molar-refractivity contribution in [2.75, 3.05) is 41.0 Å². The molecule has 0 aromatic heterocycles. The molecule has 0 bridgehead atoms. The summed E-state index contributed by atoms with van der Waals surface area (Å²) in [5, 5.41) is 0. The van der Waals surface area contributed by atoms with Crippen molar-refractivity contribution in [2.45, 2.75) is 23.1 Å². The predicted molar refractivity (Wildman–Crippen MR) is 152 cm³/mol. The molecule has 0 saturated heterocycles. The first-order valence-electron chi connectivity index (χ1n) is 10.9. The van der Waals surface area contributed by atoms with E-state index in [-0.39, 0.29) is 39.9 Å². The number of anilines is 5. The van der Waals surface area contributed by atoms with Gasteiger partial charge in [0.2, 0.25) is 0 Å². The van der Waals surface area contributed by atoms with Crippen molar-refractivity contribution >= 4 is 58.8 Å². The summed E-state index contributed by atoms with van der Waals surface area (Å²) in [6.45, 7) is 1.97. The summed E-state index contributed by atoms with van der Waals surface area (Å²) in [6, 6.07) is 12.4. The van der Waals surface area contributed by atoms with Gasteiger partial charge in [0.15, 0.2) is 0 Å². The van der Waals surface area contributed by atoms with Crippen LogP contribution in [0.2, 0.25) is 0 Å². The standard InChI is InChI=1S/C10H16N2O4S.C6H8N2O3S.C6H7NO3S/c1-7-5-9(12)10(6-8(7)11)16-3-2-4-17(13,14)15;7-4-1-2-5(8)6(3-4)12(9,10)11;7-5-1-3-6(4-2-5)11(8,9)10/h5-6H,2-4,11-12H2,1H3,(H,13,14,15);1-3H,7-8H2,(H,9,10,11);1-4H,7H2,(H,8,9,10). The average molecular weight is 622 g/mol. The quantitative estimate of drug-likeness (QED) is 0.105. The van der Waals surface area contributed by atoms with Gasteiger partial charge in [-0.15, -0.1) is 0 Å². The van der Waals surface area contributed by atoms with Gasteiger partial charge in [0.05, 0.1) is 28.6 Å². The minimum Gasteiger partial charge on any atom is -0.491 e. The minimum atomic E-state index is -4.26. The highest BCUT2D eigenvalue weighted by molar-refractivity contribution is 7.86. The minimum absolute atomic E-state index is 0.0216. The molecule has 15 nitrogen and oxygen atoms in total. The molecule has 13 N–H and O–H groups in total. The van der Waals surface area contributed by atoms with Gasteiger partial charge in [-0.1, -0.05) is 0 Å². The smallest absolute Gasteiger partial charge is 0.296 e. The molecule has 18 heteroatoms. The van der Waals surface area contributed by atoms with E-state index in [4.69, 9.17) is 47.1 Å². The zero-order chi connectivity index (χ0) is 30.9. The van der Waals surface area contributed by atoms with Crippen LogP contribution < -0.4 is 33.4 Å². The van der Waals surface area contributed by atoms with E-state index in [0.29, 0.717) is 22.8 Å². The summed E-state index contributed by atoms with van der Waals surface area (Å²) in [5.41, 5.74) is 29.8. The van der Waals surface area contributed by atoms with Crippen molar-refractivity contribution in [1.29, 1.82) is 0 Å². The number of nitrogen functional groups attached to an aromatic ring is 5. The zero-order valence-electron chi connectivity index (χ0n) is 21.1. The van der Waals surface area contributed by atoms with Crippen LogP contribution in [0.5, 0.6) is 5.75 Å². The first-order chi connectivity index (χ1) is 18.2. The van der Waals surface area contributed by atoms with Crippen LogP contribution in [0.1, 0.15) is 12.0 Å². The van der Waals surface area contributed by atoms with Gasteiger partial charge < -0.3 is 33.4 Å². The van der Waals surface area contributed by atoms with E-state index < -0.39 is 30.4 Å². The number of aryl methyl sites for hydroxylation is 1. The second-order valence-corrected chi connectivity index (χ2v) is 12.4. The lowest BCUT2D eigenvalue weighted by atomic mass is 10.1. The fourth-order valence-electron chi connectivity index (χ4n) is 2.69.